The molecule has 0 unspecified atom stereocenters. The molecule has 1 rings (SSSR count). The molecule has 0 bridgehead atoms. The molecule has 0 aromatic heterocycles. The van der Waals surface area contributed by atoms with Gasteiger partial charge in [-0.25, -0.2) is 0 Å². The van der Waals surface area contributed by atoms with Crippen molar-refractivity contribution in [3.05, 3.63) is 29.8 Å². The Morgan fingerprint density at radius 3 is 1.92 bits per heavy atom. The van der Waals surface area contributed by atoms with Crippen LogP contribution in [0.5, 0.6) is 0 Å². The fraction of sp³-hybridized carbons (Fsp3) is 0.143. The van der Waals surface area contributed by atoms with Gasteiger partial charge in [0.25, 0.3) is 0 Å². The molecule has 5 heteroatoms. The summed E-state index contributed by atoms with van der Waals surface area (Å²) < 4.78 is 1.37. The second-order valence-corrected chi connectivity index (χ2v) is 3.40. The quantitative estimate of drug-likeness (QED) is 0.411. The molecule has 0 aliphatic carbocycles. The Morgan fingerprint density at radius 1 is 1.08 bits per heavy atom. The van der Waals surface area contributed by atoms with Gasteiger partial charge in [0, 0.05) is 0 Å². The van der Waals surface area contributed by atoms with E-state index < -0.39 is 0 Å². The van der Waals surface area contributed by atoms with E-state index in [1.165, 1.54) is 31.7 Å². The molecule has 1 nitrogen and oxygen atoms in total. The Labute approximate surface area is 118 Å². The summed E-state index contributed by atoms with van der Waals surface area (Å²) in [6.07, 6.45) is 0. The predicted molar refractivity (Wildman–Crippen MR) is 39.7 cm³/mol. The van der Waals surface area contributed by atoms with Crippen LogP contribution in [0.15, 0.2) is 24.3 Å². The van der Waals surface area contributed by atoms with Gasteiger partial charge in [0.2, 0.25) is 0 Å². The Hall–Kier alpha value is 1.42. The van der Waals surface area contributed by atoms with Crippen LogP contribution in [0.1, 0.15) is 5.56 Å². The van der Waals surface area contributed by atoms with Crippen LogP contribution in [0.25, 0.3) is 0 Å². The normalized spacial score (nSPS) is 7.25. The Morgan fingerprint density at radius 2 is 1.58 bits per heavy atom. The van der Waals surface area contributed by atoms with Gasteiger partial charge < -0.3 is 50.9 Å². The molecule has 0 aliphatic heterocycles. The average Bonchev–Trinajstić information content (AvgIpc) is 1.89. The van der Waals surface area contributed by atoms with Gasteiger partial charge in [0.1, 0.15) is 0 Å². The van der Waals surface area contributed by atoms with Crippen molar-refractivity contribution in [3.63, 3.8) is 0 Å². The first-order chi connectivity index (χ1) is 4.34. The summed E-state index contributed by atoms with van der Waals surface area (Å²) in [5.74, 6) is 0. The maximum atomic E-state index is 5.47. The molecule has 66 valence electrons. The van der Waals surface area contributed by atoms with Gasteiger partial charge in [-0.1, -0.05) is 0 Å². The summed E-state index contributed by atoms with van der Waals surface area (Å²) in [5, 5.41) is 0. The van der Waals surface area contributed by atoms with Crippen molar-refractivity contribution in [2.45, 2.75) is 6.54 Å². The van der Waals surface area contributed by atoms with Crippen LogP contribution in [0.2, 0.25) is 0 Å². The van der Waals surface area contributed by atoms with Crippen LogP contribution < -0.4 is 60.3 Å². The Bertz CT molecular complexity index is 208. The fourth-order valence-corrected chi connectivity index (χ4v) is 1.50. The van der Waals surface area contributed by atoms with E-state index in [-0.39, 0.29) is 50.9 Å². The second-order valence-electron chi connectivity index (χ2n) is 1.86. The third-order valence-corrected chi connectivity index (χ3v) is 2.63. The summed E-state index contributed by atoms with van der Waals surface area (Å²) in [6.45, 7) is 0.668. The molecule has 0 radical (unpaired) electrons. The molecule has 0 fully saturated rings. The molecule has 0 aliphatic rings. The van der Waals surface area contributed by atoms with Gasteiger partial charge in [-0.15, -0.1) is 0 Å². The first-order valence-electron chi connectivity index (χ1n) is 2.84. The van der Waals surface area contributed by atoms with Gasteiger partial charge in [-0.3, -0.25) is 0 Å². The van der Waals surface area contributed by atoms with Crippen molar-refractivity contribution in [1.82, 2.24) is 0 Å². The van der Waals surface area contributed by atoms with Crippen molar-refractivity contribution in [3.8, 4) is 0 Å². The minimum absolute atomic E-state index is 0. The zero-order valence-corrected chi connectivity index (χ0v) is 13.8. The molecule has 0 spiro atoms. The molecule has 1 aromatic rings. The molecule has 12 heavy (non-hydrogen) atoms. The first kappa shape index (κ1) is 19.1. The van der Waals surface area contributed by atoms with E-state index in [2.05, 4.69) is 12.1 Å². The third-order valence-electron chi connectivity index (χ3n) is 1.24. The molecule has 0 saturated heterocycles. The third kappa shape index (κ3) is 5.96. The molecule has 0 atom stereocenters. The second kappa shape index (κ2) is 10.5. The average molecular weight is 465 g/mol. The van der Waals surface area contributed by atoms with Crippen molar-refractivity contribution in [2.75, 3.05) is 0 Å². The first-order valence-corrected chi connectivity index (χ1v) is 4.27. The fourth-order valence-electron chi connectivity index (χ4n) is 0.698. The number of hydrogen-bond donors (Lipinski definition) is 1. The van der Waals surface area contributed by atoms with E-state index in [0.29, 0.717) is 6.54 Å². The largest absolute Gasteiger partial charge is 1.00 e. The van der Waals surface area contributed by atoms with E-state index in [9.17, 15) is 0 Å². The van der Waals surface area contributed by atoms with Crippen molar-refractivity contribution in [2.24, 2.45) is 5.73 Å². The SMILES string of the molecule is NCc1cccc[c]1[Sn+3].[Br-].[Br-].[Br-]. The van der Waals surface area contributed by atoms with E-state index >= 15 is 0 Å². The van der Waals surface area contributed by atoms with Crippen molar-refractivity contribution in [1.29, 1.82) is 0 Å². The topological polar surface area (TPSA) is 26.0 Å². The van der Waals surface area contributed by atoms with Gasteiger partial charge in [0.05, 0.1) is 0 Å². The maximum absolute atomic E-state index is 5.47. The monoisotopic (exact) mass is 463 g/mol. The Balaban J connectivity index is -0.000000270. The molecular weight excluding hydrogens is 457 g/mol. The van der Waals surface area contributed by atoms with Gasteiger partial charge >= 0.3 is 68.2 Å². The van der Waals surface area contributed by atoms with E-state index in [4.69, 9.17) is 5.73 Å². The van der Waals surface area contributed by atoms with Crippen LogP contribution in [0.3, 0.4) is 0 Å². The van der Waals surface area contributed by atoms with E-state index in [0.717, 1.165) is 0 Å². The number of benzene rings is 1. The number of rotatable bonds is 1. The van der Waals surface area contributed by atoms with E-state index in [1.807, 2.05) is 12.1 Å². The van der Waals surface area contributed by atoms with Crippen LogP contribution >= 0.6 is 0 Å². The molecule has 0 heterocycles. The van der Waals surface area contributed by atoms with Crippen LogP contribution in [-0.4, -0.2) is 22.5 Å². The van der Waals surface area contributed by atoms with Gasteiger partial charge in [-0.05, 0) is 0 Å². The van der Waals surface area contributed by atoms with Gasteiger partial charge in [-0.2, -0.15) is 0 Å². The summed E-state index contributed by atoms with van der Waals surface area (Å²) >= 11 is 1.45. The van der Waals surface area contributed by atoms with Crippen molar-refractivity contribution >= 4 is 26.1 Å². The summed E-state index contributed by atoms with van der Waals surface area (Å²) in [6, 6.07) is 8.25. The number of hydrogen-bond acceptors (Lipinski definition) is 1. The molecule has 2 N–H and O–H groups in total. The van der Waals surface area contributed by atoms with Gasteiger partial charge in [0.15, 0.2) is 0 Å². The molecule has 1 aromatic carbocycles. The van der Waals surface area contributed by atoms with Crippen molar-refractivity contribution < 1.29 is 50.9 Å². The molecular formula is C7H8Br3NSn. The van der Waals surface area contributed by atoms with Crippen LogP contribution in [0.4, 0.5) is 0 Å². The predicted octanol–water partition coefficient (Wildman–Crippen LogP) is -9.05. The molecule has 0 amide bonds. The smallest absolute Gasteiger partial charge is 1.00 e. The Kier molecular flexibility index (Phi) is 16.7. The number of halogens is 3. The standard InChI is InChI=1S/C7H8N.3BrH.Sn/c8-6-7-4-2-1-3-5-7;;;;/h1-4H,6,8H2;3*1H;/q;;;;+3/p-3. The molecule has 0 saturated carbocycles. The summed E-state index contributed by atoms with van der Waals surface area (Å²) in [5.41, 5.74) is 6.74. The van der Waals surface area contributed by atoms with Crippen LogP contribution in [-0.2, 0) is 6.54 Å². The van der Waals surface area contributed by atoms with Crippen LogP contribution in [0, 0.1) is 0 Å². The zero-order valence-electron chi connectivity index (χ0n) is 6.23. The summed E-state index contributed by atoms with van der Waals surface area (Å²) in [7, 11) is 0. The number of nitrogens with two attached hydrogens (primary N) is 1. The summed E-state index contributed by atoms with van der Waals surface area (Å²) in [4.78, 5) is 0. The minimum Gasteiger partial charge on any atom is -1.00 e. The minimum atomic E-state index is 0. The van der Waals surface area contributed by atoms with E-state index in [1.54, 1.807) is 0 Å². The zero-order chi connectivity index (χ0) is 6.69. The maximum Gasteiger partial charge on any atom is -1.00 e.